The number of nitrogens with two attached hydrogens (primary N) is 1. The summed E-state index contributed by atoms with van der Waals surface area (Å²) in [5.74, 6) is -0.470. The van der Waals surface area contributed by atoms with Gasteiger partial charge in [-0.05, 0) is 29.7 Å². The number of benzene rings is 2. The van der Waals surface area contributed by atoms with E-state index in [9.17, 15) is 26.4 Å². The molecule has 1 heterocycles. The fraction of sp³-hybridized carbons (Fsp3) is 0.235. The third kappa shape index (κ3) is 3.19. The lowest BCUT2D eigenvalue weighted by molar-refractivity contribution is -0.120. The maximum atomic E-state index is 12.8. The highest BCUT2D eigenvalue weighted by Gasteiger charge is 2.47. The fourth-order valence-corrected chi connectivity index (χ4v) is 3.62. The molecule has 9 heteroatoms. The highest BCUT2D eigenvalue weighted by molar-refractivity contribution is 7.92. The lowest BCUT2D eigenvalue weighted by Crippen LogP contribution is -2.48. The molecule has 0 aliphatic carbocycles. The molecule has 1 atom stereocenters. The van der Waals surface area contributed by atoms with E-state index in [2.05, 4.69) is 0 Å². The first-order valence-corrected chi connectivity index (χ1v) is 9.15. The van der Waals surface area contributed by atoms with Crippen LogP contribution in [-0.4, -0.2) is 25.9 Å². The van der Waals surface area contributed by atoms with Crippen LogP contribution in [0.25, 0.3) is 0 Å². The van der Waals surface area contributed by atoms with E-state index >= 15 is 0 Å². The maximum absolute atomic E-state index is 12.8. The largest absolute Gasteiger partial charge is 0.501 e. The van der Waals surface area contributed by atoms with Crippen molar-refractivity contribution < 1.29 is 26.4 Å². The Morgan fingerprint density at radius 3 is 2.38 bits per heavy atom. The van der Waals surface area contributed by atoms with Gasteiger partial charge in [0.25, 0.3) is 9.84 Å². The van der Waals surface area contributed by atoms with Crippen LogP contribution in [0.5, 0.6) is 0 Å². The summed E-state index contributed by atoms with van der Waals surface area (Å²) < 4.78 is 61.9. The summed E-state index contributed by atoms with van der Waals surface area (Å²) in [6, 6.07) is 11.0. The molecule has 0 unspecified atom stereocenters. The van der Waals surface area contributed by atoms with Crippen molar-refractivity contribution in [1.82, 2.24) is 0 Å². The Bertz CT molecular complexity index is 943. The standard InChI is InChI=1S/C17H15F3N2O3S/c18-17(19,20)26(24,25)13-7-6-12-8-14(21)16(23)22(15(12)9-13)10-11-4-2-1-3-5-11/h1-7,9,14H,8,10,21H2/t14-/m1/s1. The monoisotopic (exact) mass is 384 g/mol. The van der Waals surface area contributed by atoms with E-state index in [4.69, 9.17) is 5.73 Å². The summed E-state index contributed by atoms with van der Waals surface area (Å²) in [6.45, 7) is 0.0793. The van der Waals surface area contributed by atoms with Crippen molar-refractivity contribution in [2.45, 2.75) is 29.4 Å². The van der Waals surface area contributed by atoms with Crippen molar-refractivity contribution in [2.24, 2.45) is 5.73 Å². The summed E-state index contributed by atoms with van der Waals surface area (Å²) in [7, 11) is -5.51. The average molecular weight is 384 g/mol. The van der Waals surface area contributed by atoms with Crippen LogP contribution in [0.2, 0.25) is 0 Å². The quantitative estimate of drug-likeness (QED) is 0.881. The van der Waals surface area contributed by atoms with Gasteiger partial charge in [0.05, 0.1) is 17.5 Å². The lowest BCUT2D eigenvalue weighted by Gasteiger charge is -2.33. The highest BCUT2D eigenvalue weighted by atomic mass is 32.2. The van der Waals surface area contributed by atoms with E-state index in [0.717, 1.165) is 17.7 Å². The topological polar surface area (TPSA) is 80.5 Å². The number of hydrogen-bond donors (Lipinski definition) is 1. The summed E-state index contributed by atoms with van der Waals surface area (Å²) in [4.78, 5) is 12.8. The van der Waals surface area contributed by atoms with Gasteiger partial charge < -0.3 is 10.6 Å². The Labute approximate surface area is 148 Å². The highest BCUT2D eigenvalue weighted by Crippen LogP contribution is 2.36. The molecule has 1 aliphatic heterocycles. The second-order valence-electron chi connectivity index (χ2n) is 5.96. The van der Waals surface area contributed by atoms with Crippen LogP contribution in [0.1, 0.15) is 11.1 Å². The van der Waals surface area contributed by atoms with Gasteiger partial charge >= 0.3 is 5.51 Å². The Balaban J connectivity index is 2.09. The molecular weight excluding hydrogens is 369 g/mol. The van der Waals surface area contributed by atoms with Crippen molar-refractivity contribution in [3.8, 4) is 0 Å². The number of carbonyl (C=O) groups is 1. The first-order chi connectivity index (χ1) is 12.1. The van der Waals surface area contributed by atoms with Crippen molar-refractivity contribution >= 4 is 21.4 Å². The van der Waals surface area contributed by atoms with Gasteiger partial charge in [-0.1, -0.05) is 36.4 Å². The predicted octanol–water partition coefficient (Wildman–Crippen LogP) is 2.40. The molecule has 0 spiro atoms. The second-order valence-corrected chi connectivity index (χ2v) is 7.90. The van der Waals surface area contributed by atoms with Crippen molar-refractivity contribution in [3.63, 3.8) is 0 Å². The Hall–Kier alpha value is -2.39. The third-order valence-corrected chi connectivity index (χ3v) is 5.65. The number of fused-ring (bicyclic) bond motifs is 1. The SMILES string of the molecule is N[C@@H]1Cc2ccc(S(=O)(=O)C(F)(F)F)cc2N(Cc2ccccc2)C1=O. The van der Waals surface area contributed by atoms with Crippen LogP contribution in [0, 0.1) is 0 Å². The van der Waals surface area contributed by atoms with E-state index in [1.54, 1.807) is 30.3 Å². The Kier molecular flexibility index (Phi) is 4.53. The average Bonchev–Trinajstić information content (AvgIpc) is 2.58. The van der Waals surface area contributed by atoms with Crippen LogP contribution in [-0.2, 0) is 27.6 Å². The van der Waals surface area contributed by atoms with Gasteiger partial charge in [0.2, 0.25) is 5.91 Å². The molecule has 5 nitrogen and oxygen atoms in total. The van der Waals surface area contributed by atoms with Crippen LogP contribution < -0.4 is 10.6 Å². The fourth-order valence-electron chi connectivity index (χ4n) is 2.84. The van der Waals surface area contributed by atoms with Gasteiger partial charge in [0.1, 0.15) is 0 Å². The molecule has 3 rings (SSSR count). The second kappa shape index (κ2) is 6.40. The predicted molar refractivity (Wildman–Crippen MR) is 89.0 cm³/mol. The molecule has 0 aromatic heterocycles. The van der Waals surface area contributed by atoms with Gasteiger partial charge in [0, 0.05) is 5.69 Å². The number of amides is 1. The van der Waals surface area contributed by atoms with Crippen LogP contribution in [0.3, 0.4) is 0 Å². The number of nitrogens with zero attached hydrogens (tertiary/aromatic N) is 1. The zero-order chi connectivity index (χ0) is 19.1. The number of alkyl halides is 3. The first-order valence-electron chi connectivity index (χ1n) is 7.66. The minimum atomic E-state index is -5.51. The Morgan fingerprint density at radius 1 is 1.12 bits per heavy atom. The van der Waals surface area contributed by atoms with E-state index in [0.29, 0.717) is 5.56 Å². The number of hydrogen-bond acceptors (Lipinski definition) is 4. The molecule has 26 heavy (non-hydrogen) atoms. The Morgan fingerprint density at radius 2 is 1.77 bits per heavy atom. The van der Waals surface area contributed by atoms with E-state index in [1.165, 1.54) is 11.0 Å². The molecule has 0 saturated heterocycles. The number of sulfone groups is 1. The number of halogens is 3. The summed E-state index contributed by atoms with van der Waals surface area (Å²) in [5.41, 5.74) is 1.82. The number of carbonyl (C=O) groups excluding carboxylic acids is 1. The van der Waals surface area contributed by atoms with Gasteiger partial charge in [-0.3, -0.25) is 4.79 Å². The minimum absolute atomic E-state index is 0.0793. The molecular formula is C17H15F3N2O3S. The summed E-state index contributed by atoms with van der Waals surface area (Å²) in [5, 5.41) is 0. The third-order valence-electron chi connectivity index (χ3n) is 4.17. The summed E-state index contributed by atoms with van der Waals surface area (Å²) >= 11 is 0. The van der Waals surface area contributed by atoms with Gasteiger partial charge in [-0.15, -0.1) is 0 Å². The molecule has 1 aliphatic rings. The summed E-state index contributed by atoms with van der Waals surface area (Å²) in [6.07, 6.45) is 0.131. The zero-order valence-electron chi connectivity index (χ0n) is 13.4. The molecule has 2 aromatic rings. The van der Waals surface area contributed by atoms with Crippen molar-refractivity contribution in [3.05, 3.63) is 59.7 Å². The van der Waals surface area contributed by atoms with Crippen molar-refractivity contribution in [2.75, 3.05) is 4.90 Å². The molecule has 0 bridgehead atoms. The maximum Gasteiger partial charge on any atom is 0.501 e. The minimum Gasteiger partial charge on any atom is -0.320 e. The number of anilines is 1. The molecule has 1 amide bonds. The molecule has 0 saturated carbocycles. The first kappa shape index (κ1) is 18.4. The zero-order valence-corrected chi connectivity index (χ0v) is 14.2. The number of rotatable bonds is 3. The smallest absolute Gasteiger partial charge is 0.320 e. The lowest BCUT2D eigenvalue weighted by atomic mass is 9.97. The van der Waals surface area contributed by atoms with E-state index in [1.807, 2.05) is 0 Å². The van der Waals surface area contributed by atoms with E-state index < -0.39 is 32.2 Å². The van der Waals surface area contributed by atoms with Crippen molar-refractivity contribution in [1.29, 1.82) is 0 Å². The van der Waals surface area contributed by atoms with Gasteiger partial charge in [-0.25, -0.2) is 8.42 Å². The van der Waals surface area contributed by atoms with Crippen LogP contribution in [0.4, 0.5) is 18.9 Å². The molecule has 2 N–H and O–H groups in total. The molecule has 2 aromatic carbocycles. The van der Waals surface area contributed by atoms with Crippen LogP contribution in [0.15, 0.2) is 53.4 Å². The molecule has 0 fully saturated rings. The normalized spacial score (nSPS) is 17.9. The van der Waals surface area contributed by atoms with Crippen LogP contribution >= 0.6 is 0 Å². The van der Waals surface area contributed by atoms with Gasteiger partial charge in [0.15, 0.2) is 0 Å². The van der Waals surface area contributed by atoms with E-state index in [-0.39, 0.29) is 18.7 Å². The van der Waals surface area contributed by atoms with Gasteiger partial charge in [-0.2, -0.15) is 13.2 Å². The molecule has 0 radical (unpaired) electrons. The molecule has 138 valence electrons.